The van der Waals surface area contributed by atoms with Crippen molar-refractivity contribution in [2.45, 2.75) is 0 Å². The molecule has 0 atom stereocenters. The second kappa shape index (κ2) is 16.5. The average molecular weight is 825 g/mol. The highest BCUT2D eigenvalue weighted by atomic mass is 16.5. The van der Waals surface area contributed by atoms with E-state index in [0.717, 1.165) is 78.3 Å². The summed E-state index contributed by atoms with van der Waals surface area (Å²) >= 11 is 0. The molecule has 0 amide bonds. The Labute approximate surface area is 373 Å². The third-order valence-corrected chi connectivity index (χ3v) is 12.3. The summed E-state index contributed by atoms with van der Waals surface area (Å²) in [4.78, 5) is 4.64. The number of anilines is 6. The number of nitrogens with zero attached hydrogens (tertiary/aromatic N) is 2. The molecule has 4 nitrogen and oxygen atoms in total. The maximum absolute atomic E-state index is 5.76. The maximum atomic E-state index is 5.76. The molecular formula is C60H44N2O2. The van der Waals surface area contributed by atoms with Gasteiger partial charge in [0.05, 0.1) is 14.2 Å². The van der Waals surface area contributed by atoms with Gasteiger partial charge in [0.2, 0.25) is 0 Å². The minimum Gasteiger partial charge on any atom is -0.497 e. The Kier molecular flexibility index (Phi) is 9.95. The molecule has 0 aliphatic rings. The van der Waals surface area contributed by atoms with Crippen molar-refractivity contribution in [2.75, 3.05) is 24.0 Å². The molecule has 0 fully saturated rings. The molecule has 0 saturated heterocycles. The highest BCUT2D eigenvalue weighted by Crippen LogP contribution is 2.49. The lowest BCUT2D eigenvalue weighted by Gasteiger charge is -2.28. The largest absolute Gasteiger partial charge is 0.497 e. The summed E-state index contributed by atoms with van der Waals surface area (Å²) < 4.78 is 11.5. The molecule has 0 spiro atoms. The van der Waals surface area contributed by atoms with Crippen LogP contribution in [0.1, 0.15) is 0 Å². The van der Waals surface area contributed by atoms with Crippen LogP contribution < -0.4 is 19.3 Å². The molecule has 64 heavy (non-hydrogen) atoms. The van der Waals surface area contributed by atoms with Crippen molar-refractivity contribution in [1.82, 2.24) is 0 Å². The van der Waals surface area contributed by atoms with Crippen LogP contribution in [0.15, 0.2) is 231 Å². The Bertz CT molecular complexity index is 3260. The first-order valence-corrected chi connectivity index (χ1v) is 21.6. The number of fused-ring (bicyclic) bond motifs is 4. The fourth-order valence-corrected chi connectivity index (χ4v) is 9.34. The topological polar surface area (TPSA) is 24.9 Å². The van der Waals surface area contributed by atoms with Crippen LogP contribution in [0.2, 0.25) is 0 Å². The first kappa shape index (κ1) is 38.6. The van der Waals surface area contributed by atoms with Crippen molar-refractivity contribution in [3.05, 3.63) is 231 Å². The van der Waals surface area contributed by atoms with Gasteiger partial charge in [0.25, 0.3) is 0 Å². The Morgan fingerprint density at radius 3 is 1.06 bits per heavy atom. The molecule has 0 unspecified atom stereocenters. The van der Waals surface area contributed by atoms with E-state index in [1.54, 1.807) is 14.2 Å². The van der Waals surface area contributed by atoms with E-state index in [1.807, 2.05) is 12.1 Å². The standard InChI is InChI=1S/C60H44N2O2/c1-63-53-25-13-23-49(37-53)61(47-19-5-3-6-20-47)51-31-33-55-57(39-51)59(45-29-27-41-15-9-11-17-43(41)35-45)56-34-32-52(40-58(56)60(55)46-30-28-42-16-10-12-18-44(42)36-46)62(48-21-7-4-8-22-48)50-24-14-26-54(38-50)64-2/h3-40H,1-2H3. The Balaban J connectivity index is 1.26. The molecule has 0 saturated carbocycles. The van der Waals surface area contributed by atoms with Crippen LogP contribution >= 0.6 is 0 Å². The fraction of sp³-hybridized carbons (Fsp3) is 0.0333. The van der Waals surface area contributed by atoms with Crippen molar-refractivity contribution >= 4 is 77.2 Å². The van der Waals surface area contributed by atoms with E-state index in [0.29, 0.717) is 0 Å². The Morgan fingerprint density at radius 1 is 0.266 bits per heavy atom. The molecule has 0 N–H and O–H groups in total. The number of hydrogen-bond donors (Lipinski definition) is 0. The molecule has 0 aromatic heterocycles. The zero-order valence-electron chi connectivity index (χ0n) is 35.7. The van der Waals surface area contributed by atoms with E-state index in [-0.39, 0.29) is 0 Å². The van der Waals surface area contributed by atoms with E-state index >= 15 is 0 Å². The third-order valence-electron chi connectivity index (χ3n) is 12.3. The van der Waals surface area contributed by atoms with Gasteiger partial charge in [0.15, 0.2) is 0 Å². The van der Waals surface area contributed by atoms with Crippen LogP contribution in [0.3, 0.4) is 0 Å². The van der Waals surface area contributed by atoms with Gasteiger partial charge in [-0.1, -0.05) is 133 Å². The van der Waals surface area contributed by atoms with Gasteiger partial charge in [-0.2, -0.15) is 0 Å². The minimum atomic E-state index is 0.801. The van der Waals surface area contributed by atoms with Crippen LogP contribution in [-0.4, -0.2) is 14.2 Å². The average Bonchev–Trinajstić information content (AvgIpc) is 3.36. The van der Waals surface area contributed by atoms with Gasteiger partial charge < -0.3 is 19.3 Å². The monoisotopic (exact) mass is 824 g/mol. The zero-order chi connectivity index (χ0) is 43.0. The van der Waals surface area contributed by atoms with Crippen LogP contribution in [0, 0.1) is 0 Å². The van der Waals surface area contributed by atoms with Crippen LogP contribution in [-0.2, 0) is 0 Å². The van der Waals surface area contributed by atoms with Crippen molar-refractivity contribution in [2.24, 2.45) is 0 Å². The smallest absolute Gasteiger partial charge is 0.120 e. The predicted octanol–water partition coefficient (Wildman–Crippen LogP) is 16.6. The Hall–Kier alpha value is -8.34. The van der Waals surface area contributed by atoms with Gasteiger partial charge >= 0.3 is 0 Å². The van der Waals surface area contributed by atoms with E-state index in [9.17, 15) is 0 Å². The van der Waals surface area contributed by atoms with Crippen LogP contribution in [0.4, 0.5) is 34.1 Å². The number of ether oxygens (including phenoxy) is 2. The fourth-order valence-electron chi connectivity index (χ4n) is 9.34. The van der Waals surface area contributed by atoms with Crippen LogP contribution in [0.25, 0.3) is 65.3 Å². The molecule has 306 valence electrons. The van der Waals surface area contributed by atoms with Crippen molar-refractivity contribution in [3.8, 4) is 33.8 Å². The quantitative estimate of drug-likeness (QED) is 0.128. The molecule has 0 aliphatic heterocycles. The van der Waals surface area contributed by atoms with Gasteiger partial charge in [-0.15, -0.1) is 0 Å². The predicted molar refractivity (Wildman–Crippen MR) is 270 cm³/mol. The maximum Gasteiger partial charge on any atom is 0.120 e. The summed E-state index contributed by atoms with van der Waals surface area (Å²) in [6.07, 6.45) is 0. The lowest BCUT2D eigenvalue weighted by Crippen LogP contribution is -2.10. The van der Waals surface area contributed by atoms with Crippen molar-refractivity contribution in [1.29, 1.82) is 0 Å². The molecule has 4 heteroatoms. The molecule has 11 aromatic rings. The molecule has 11 rings (SSSR count). The number of methoxy groups -OCH3 is 2. The molecular weight excluding hydrogens is 781 g/mol. The molecule has 0 heterocycles. The number of para-hydroxylation sites is 2. The zero-order valence-corrected chi connectivity index (χ0v) is 35.7. The van der Waals surface area contributed by atoms with E-state index in [4.69, 9.17) is 9.47 Å². The van der Waals surface area contributed by atoms with E-state index in [1.165, 1.54) is 32.7 Å². The summed E-state index contributed by atoms with van der Waals surface area (Å²) in [7, 11) is 3.44. The summed E-state index contributed by atoms with van der Waals surface area (Å²) in [6.45, 7) is 0. The molecule has 11 aromatic carbocycles. The summed E-state index contributed by atoms with van der Waals surface area (Å²) in [5.74, 6) is 1.60. The van der Waals surface area contributed by atoms with E-state index < -0.39 is 0 Å². The number of rotatable bonds is 10. The van der Waals surface area contributed by atoms with Crippen molar-refractivity contribution in [3.63, 3.8) is 0 Å². The minimum absolute atomic E-state index is 0.801. The first-order valence-electron chi connectivity index (χ1n) is 21.6. The third kappa shape index (κ3) is 7.01. The number of hydrogen-bond acceptors (Lipinski definition) is 4. The first-order chi connectivity index (χ1) is 31.6. The summed E-state index contributed by atoms with van der Waals surface area (Å²) in [5.41, 5.74) is 10.9. The summed E-state index contributed by atoms with van der Waals surface area (Å²) in [6, 6.07) is 82.8. The molecule has 0 bridgehead atoms. The second-order valence-electron chi connectivity index (χ2n) is 16.1. The number of benzene rings is 11. The van der Waals surface area contributed by atoms with Gasteiger partial charge in [-0.25, -0.2) is 0 Å². The van der Waals surface area contributed by atoms with E-state index in [2.05, 4.69) is 228 Å². The molecule has 0 aliphatic carbocycles. The van der Waals surface area contributed by atoms with Crippen molar-refractivity contribution < 1.29 is 9.47 Å². The molecule has 0 radical (unpaired) electrons. The van der Waals surface area contributed by atoms with Gasteiger partial charge in [-0.3, -0.25) is 0 Å². The highest BCUT2D eigenvalue weighted by molar-refractivity contribution is 6.23. The second-order valence-corrected chi connectivity index (χ2v) is 16.1. The lowest BCUT2D eigenvalue weighted by molar-refractivity contribution is 0.415. The highest BCUT2D eigenvalue weighted by Gasteiger charge is 2.23. The summed E-state index contributed by atoms with van der Waals surface area (Å²) in [5, 5.41) is 9.46. The lowest BCUT2D eigenvalue weighted by atomic mass is 9.84. The normalized spacial score (nSPS) is 11.3. The van der Waals surface area contributed by atoms with Gasteiger partial charge in [0, 0.05) is 46.3 Å². The van der Waals surface area contributed by atoms with Crippen LogP contribution in [0.5, 0.6) is 11.5 Å². The SMILES string of the molecule is COc1cccc(N(c2ccccc2)c2ccc3c(-c4ccc5ccccc5c4)c4cc(N(c5ccccc5)c5cccc(OC)c5)ccc4c(-c4ccc5ccccc5c4)c3c2)c1. The van der Waals surface area contributed by atoms with Gasteiger partial charge in [-0.05, 0) is 150 Å². The Morgan fingerprint density at radius 2 is 0.641 bits per heavy atom. The van der Waals surface area contributed by atoms with Gasteiger partial charge in [0.1, 0.15) is 11.5 Å².